The van der Waals surface area contributed by atoms with Crippen LogP contribution in [0, 0.1) is 16.9 Å². The molecule has 0 spiro atoms. The number of methoxy groups -OCH3 is 1. The van der Waals surface area contributed by atoms with E-state index in [4.69, 9.17) is 4.74 Å². The van der Waals surface area contributed by atoms with Gasteiger partial charge in [-0.15, -0.1) is 0 Å². The average Bonchev–Trinajstić information content (AvgIpc) is 3.25. The zero-order valence-electron chi connectivity index (χ0n) is 18.6. The lowest BCUT2D eigenvalue weighted by atomic mass is 9.92. The summed E-state index contributed by atoms with van der Waals surface area (Å²) in [6.07, 6.45) is 3.57. The first-order chi connectivity index (χ1) is 17.2. The van der Waals surface area contributed by atoms with E-state index in [1.807, 2.05) is 0 Å². The highest BCUT2D eigenvalue weighted by atomic mass is 32.1. The van der Waals surface area contributed by atoms with Gasteiger partial charge in [-0.3, -0.25) is 19.1 Å². The van der Waals surface area contributed by atoms with Crippen molar-refractivity contribution in [2.24, 2.45) is 5.92 Å². The summed E-state index contributed by atoms with van der Waals surface area (Å²) in [6, 6.07) is 4.31. The normalized spacial score (nSPS) is 13.6. The molecule has 1 aliphatic rings. The number of anilines is 1. The van der Waals surface area contributed by atoms with Crippen LogP contribution in [0.2, 0.25) is 0 Å². The van der Waals surface area contributed by atoms with Crippen molar-refractivity contribution in [3.8, 4) is 10.9 Å². The number of hydrogen-bond acceptors (Lipinski definition) is 9. The summed E-state index contributed by atoms with van der Waals surface area (Å²) in [7, 11) is 1.52. The van der Waals surface area contributed by atoms with E-state index in [9.17, 15) is 23.9 Å². The molecule has 0 saturated carbocycles. The molecular formula is C23H17F2N5O5S. The molecule has 36 heavy (non-hydrogen) atoms. The van der Waals surface area contributed by atoms with Crippen molar-refractivity contribution in [1.29, 1.82) is 0 Å². The molecule has 0 aliphatic carbocycles. The van der Waals surface area contributed by atoms with E-state index in [-0.39, 0.29) is 53.2 Å². The minimum atomic E-state index is -1.52. The van der Waals surface area contributed by atoms with Crippen molar-refractivity contribution in [1.82, 2.24) is 19.5 Å². The zero-order chi connectivity index (χ0) is 25.6. The molecule has 1 N–H and O–H groups in total. The van der Waals surface area contributed by atoms with E-state index in [1.165, 1.54) is 13.3 Å². The second-order valence-corrected chi connectivity index (χ2v) is 9.05. The Hall–Kier alpha value is -4.26. The molecule has 5 rings (SSSR count). The van der Waals surface area contributed by atoms with Gasteiger partial charge in [-0.25, -0.2) is 19.2 Å². The highest BCUT2D eigenvalue weighted by Gasteiger charge is 2.35. The summed E-state index contributed by atoms with van der Waals surface area (Å²) in [5, 5.41) is 8.51. The molecule has 0 aromatic carbocycles. The number of hydrogen-bond donors (Lipinski definition) is 1. The lowest BCUT2D eigenvalue weighted by Crippen LogP contribution is -2.51. The first-order valence-corrected chi connectivity index (χ1v) is 11.4. The Bertz CT molecular complexity index is 1560. The zero-order valence-corrected chi connectivity index (χ0v) is 19.5. The number of aromatic nitrogens is 4. The maximum absolute atomic E-state index is 15.0. The second kappa shape index (κ2) is 9.07. The molecule has 13 heteroatoms. The largest absolute Gasteiger partial charge is 0.495 e. The third-order valence-electron chi connectivity index (χ3n) is 5.84. The number of carboxylic acids is 1. The number of Topliss-reactive ketones (excluding diaryl/α,β-unsaturated/α-hetero) is 1. The predicted octanol–water partition coefficient (Wildman–Crippen LogP) is 2.47. The maximum Gasteiger partial charge on any atom is 0.341 e. The highest BCUT2D eigenvalue weighted by molar-refractivity contribution is 7.12. The van der Waals surface area contributed by atoms with E-state index >= 15 is 4.39 Å². The van der Waals surface area contributed by atoms with Crippen molar-refractivity contribution in [2.75, 3.05) is 25.1 Å². The number of fused-ring (bicyclic) bond motifs is 1. The molecule has 5 heterocycles. The Morgan fingerprint density at radius 1 is 1.22 bits per heavy atom. The van der Waals surface area contributed by atoms with Crippen molar-refractivity contribution in [3.05, 3.63) is 69.2 Å². The van der Waals surface area contributed by atoms with Gasteiger partial charge in [0.25, 0.3) is 0 Å². The standard InChI is InChI=1S/C23H17F2N5O5S/c1-35-13-3-2-12(26-6-13)4-17(31)11-8-29(9-11)21-16(24)5-14-19(32)15(22(33)34)10-30(20(14)28-21)23-27-7-18(25)36-23/h2-3,5-7,10-11H,4,8-9H2,1H3,(H,33,34). The minimum Gasteiger partial charge on any atom is -0.495 e. The number of carboxylic acid groups (broad SMARTS) is 1. The monoisotopic (exact) mass is 513 g/mol. The second-order valence-electron chi connectivity index (χ2n) is 8.09. The number of carbonyl (C=O) groups is 2. The third-order valence-corrected chi connectivity index (χ3v) is 6.62. The molecule has 184 valence electrons. The first-order valence-electron chi connectivity index (χ1n) is 10.6. The first kappa shape index (κ1) is 23.5. The van der Waals surface area contributed by atoms with Gasteiger partial charge in [-0.1, -0.05) is 11.3 Å². The van der Waals surface area contributed by atoms with Gasteiger partial charge in [0.1, 0.15) is 17.1 Å². The van der Waals surface area contributed by atoms with Crippen LogP contribution >= 0.6 is 11.3 Å². The summed E-state index contributed by atoms with van der Waals surface area (Å²) in [6.45, 7) is 0.404. The molecular weight excluding hydrogens is 496 g/mol. The van der Waals surface area contributed by atoms with Crippen molar-refractivity contribution >= 4 is 39.9 Å². The molecule has 4 aromatic heterocycles. The number of aromatic carboxylic acids is 1. The molecule has 1 saturated heterocycles. The third kappa shape index (κ3) is 4.17. The molecule has 0 radical (unpaired) electrons. The van der Waals surface area contributed by atoms with Gasteiger partial charge < -0.3 is 14.7 Å². The smallest absolute Gasteiger partial charge is 0.341 e. The molecule has 10 nitrogen and oxygen atoms in total. The van der Waals surface area contributed by atoms with Gasteiger partial charge in [0.2, 0.25) is 5.43 Å². The molecule has 0 amide bonds. The summed E-state index contributed by atoms with van der Waals surface area (Å²) >= 11 is 0.612. The Morgan fingerprint density at radius 2 is 2.00 bits per heavy atom. The molecule has 0 atom stereocenters. The quantitative estimate of drug-likeness (QED) is 0.396. The number of thiazole rings is 1. The Kier molecular flexibility index (Phi) is 5.92. The number of pyridine rings is 3. The number of halogens is 2. The number of carbonyl (C=O) groups excluding carboxylic acids is 1. The molecule has 0 bridgehead atoms. The number of ketones is 1. The minimum absolute atomic E-state index is 0.0220. The van der Waals surface area contributed by atoms with Gasteiger partial charge in [0, 0.05) is 31.4 Å². The van der Waals surface area contributed by atoms with Crippen LogP contribution < -0.4 is 15.1 Å². The highest BCUT2D eigenvalue weighted by Crippen LogP contribution is 2.30. The lowest BCUT2D eigenvalue weighted by Gasteiger charge is -2.39. The molecule has 1 aliphatic heterocycles. The van der Waals surface area contributed by atoms with Gasteiger partial charge in [-0.05, 0) is 18.2 Å². The fraction of sp³-hybridized carbons (Fsp3) is 0.217. The predicted molar refractivity (Wildman–Crippen MR) is 125 cm³/mol. The van der Waals surface area contributed by atoms with Crippen LogP contribution in [-0.2, 0) is 11.2 Å². The SMILES string of the molecule is COc1ccc(CC(=O)C2CN(c3nc4c(cc3F)c(=O)c(C(=O)O)cn4-c3ncc(F)s3)C2)nc1. The lowest BCUT2D eigenvalue weighted by molar-refractivity contribution is -0.123. The fourth-order valence-electron chi connectivity index (χ4n) is 3.91. The van der Waals surface area contributed by atoms with Crippen molar-refractivity contribution in [3.63, 3.8) is 0 Å². The van der Waals surface area contributed by atoms with E-state index in [2.05, 4.69) is 15.0 Å². The molecule has 0 unspecified atom stereocenters. The summed E-state index contributed by atoms with van der Waals surface area (Å²) in [5.74, 6) is -2.33. The van der Waals surface area contributed by atoms with Crippen molar-refractivity contribution < 1.29 is 28.2 Å². The number of rotatable bonds is 7. The molecule has 4 aromatic rings. The van der Waals surface area contributed by atoms with Crippen molar-refractivity contribution in [2.45, 2.75) is 6.42 Å². The van der Waals surface area contributed by atoms with Gasteiger partial charge in [0.15, 0.2) is 27.5 Å². The molecule has 1 fully saturated rings. The summed E-state index contributed by atoms with van der Waals surface area (Å²) in [4.78, 5) is 50.8. The van der Waals surface area contributed by atoms with Crippen LogP contribution in [0.1, 0.15) is 16.1 Å². The van der Waals surface area contributed by atoms with Crippen LogP contribution in [-0.4, -0.2) is 56.6 Å². The van der Waals surface area contributed by atoms with E-state index in [0.29, 0.717) is 22.8 Å². The topological polar surface area (TPSA) is 128 Å². The number of ether oxygens (including phenoxy) is 1. The fourth-order valence-corrected chi connectivity index (χ4v) is 4.53. The van der Waals surface area contributed by atoms with E-state index in [0.717, 1.165) is 23.0 Å². The van der Waals surface area contributed by atoms with E-state index < -0.39 is 27.9 Å². The Labute approximate surface area is 205 Å². The van der Waals surface area contributed by atoms with Crippen LogP contribution in [0.25, 0.3) is 16.2 Å². The van der Waals surface area contributed by atoms with Crippen LogP contribution in [0.5, 0.6) is 5.75 Å². The van der Waals surface area contributed by atoms with Crippen LogP contribution in [0.4, 0.5) is 14.6 Å². The maximum atomic E-state index is 15.0. The average molecular weight is 513 g/mol. The Balaban J connectivity index is 1.44. The summed E-state index contributed by atoms with van der Waals surface area (Å²) in [5.41, 5.74) is -1.04. The van der Waals surface area contributed by atoms with Crippen LogP contribution in [0.3, 0.4) is 0 Å². The van der Waals surface area contributed by atoms with Crippen LogP contribution in [0.15, 0.2) is 41.6 Å². The van der Waals surface area contributed by atoms with Gasteiger partial charge in [-0.2, -0.15) is 4.39 Å². The summed E-state index contributed by atoms with van der Waals surface area (Å²) < 4.78 is 34.8. The van der Waals surface area contributed by atoms with Gasteiger partial charge >= 0.3 is 5.97 Å². The number of nitrogens with zero attached hydrogens (tertiary/aromatic N) is 5. The van der Waals surface area contributed by atoms with Gasteiger partial charge in [0.05, 0.1) is 30.8 Å². The Morgan fingerprint density at radius 3 is 2.61 bits per heavy atom. The van der Waals surface area contributed by atoms with E-state index in [1.54, 1.807) is 17.0 Å².